The molecule has 0 spiro atoms. The molecule has 0 radical (unpaired) electrons. The van der Waals surface area contributed by atoms with Crippen LogP contribution >= 0.6 is 0 Å². The molecule has 4 heteroatoms. The van der Waals surface area contributed by atoms with Crippen molar-refractivity contribution in [3.05, 3.63) is 47.2 Å². The van der Waals surface area contributed by atoms with Gasteiger partial charge >= 0.3 is 0 Å². The number of aromatic nitrogens is 1. The minimum absolute atomic E-state index is 0.327. The van der Waals surface area contributed by atoms with Crippen molar-refractivity contribution in [2.45, 2.75) is 32.4 Å². The van der Waals surface area contributed by atoms with E-state index >= 15 is 0 Å². The van der Waals surface area contributed by atoms with Crippen molar-refractivity contribution in [2.24, 2.45) is 0 Å². The summed E-state index contributed by atoms with van der Waals surface area (Å²) in [5, 5.41) is 12.9. The highest BCUT2D eigenvalue weighted by molar-refractivity contribution is 5.40. The van der Waals surface area contributed by atoms with Crippen LogP contribution < -0.4 is 5.32 Å². The highest BCUT2D eigenvalue weighted by Crippen LogP contribution is 2.33. The minimum Gasteiger partial charge on any atom is -0.508 e. The van der Waals surface area contributed by atoms with Crippen molar-refractivity contribution in [1.82, 2.24) is 10.3 Å². The maximum absolute atomic E-state index is 9.45. The Bertz CT molecular complexity index is 563. The van der Waals surface area contributed by atoms with Gasteiger partial charge in [-0.25, -0.2) is 4.98 Å². The molecule has 1 aromatic carbocycles. The number of nitrogens with one attached hydrogen (secondary N) is 1. The van der Waals surface area contributed by atoms with Gasteiger partial charge in [-0.15, -0.1) is 0 Å². The average molecular weight is 244 g/mol. The number of oxazole rings is 1. The Morgan fingerprint density at radius 3 is 3.17 bits per heavy atom. The number of hydrogen-bond acceptors (Lipinski definition) is 4. The standard InChI is InChI=1S/C14H16N2O2/c1-9-7-16-14(18-9)8-15-13-5-2-10-6-11(17)3-4-12(10)13/h3-4,6-7,13,15,17H,2,5,8H2,1H3. The topological polar surface area (TPSA) is 58.3 Å². The third-order valence-corrected chi connectivity index (χ3v) is 3.37. The number of fused-ring (bicyclic) bond motifs is 1. The Labute approximate surface area is 106 Å². The molecule has 1 aliphatic carbocycles. The fourth-order valence-electron chi connectivity index (χ4n) is 2.51. The lowest BCUT2D eigenvalue weighted by molar-refractivity contribution is 0.423. The first kappa shape index (κ1) is 11.3. The zero-order valence-electron chi connectivity index (χ0n) is 10.3. The van der Waals surface area contributed by atoms with Gasteiger partial charge < -0.3 is 14.8 Å². The van der Waals surface area contributed by atoms with Gasteiger partial charge in [0, 0.05) is 6.04 Å². The second kappa shape index (κ2) is 4.46. The van der Waals surface area contributed by atoms with E-state index in [1.54, 1.807) is 12.3 Å². The van der Waals surface area contributed by atoms with Crippen molar-refractivity contribution in [3.8, 4) is 5.75 Å². The van der Waals surface area contributed by atoms with E-state index in [0.29, 0.717) is 18.3 Å². The molecule has 0 saturated heterocycles. The number of nitrogens with zero attached hydrogens (tertiary/aromatic N) is 1. The van der Waals surface area contributed by atoms with Gasteiger partial charge in [0.15, 0.2) is 0 Å². The predicted molar refractivity (Wildman–Crippen MR) is 67.2 cm³/mol. The van der Waals surface area contributed by atoms with E-state index in [2.05, 4.69) is 10.3 Å². The van der Waals surface area contributed by atoms with Gasteiger partial charge in [0.25, 0.3) is 0 Å². The molecule has 1 atom stereocenters. The zero-order chi connectivity index (χ0) is 12.5. The van der Waals surface area contributed by atoms with E-state index < -0.39 is 0 Å². The molecule has 3 rings (SSSR count). The minimum atomic E-state index is 0.327. The Morgan fingerprint density at radius 1 is 1.50 bits per heavy atom. The lowest BCUT2D eigenvalue weighted by Gasteiger charge is -2.12. The Kier molecular flexibility index (Phi) is 2.80. The monoisotopic (exact) mass is 244 g/mol. The first-order valence-electron chi connectivity index (χ1n) is 6.19. The fraction of sp³-hybridized carbons (Fsp3) is 0.357. The molecule has 1 aromatic heterocycles. The van der Waals surface area contributed by atoms with Gasteiger partial charge in [0.1, 0.15) is 11.5 Å². The van der Waals surface area contributed by atoms with Gasteiger partial charge in [0.05, 0.1) is 12.7 Å². The molecule has 1 unspecified atom stereocenters. The van der Waals surface area contributed by atoms with Crippen LogP contribution in [0.15, 0.2) is 28.8 Å². The summed E-state index contributed by atoms with van der Waals surface area (Å²) in [7, 11) is 0. The lowest BCUT2D eigenvalue weighted by Crippen LogP contribution is -2.18. The molecule has 4 nitrogen and oxygen atoms in total. The van der Waals surface area contributed by atoms with Crippen LogP contribution in [-0.4, -0.2) is 10.1 Å². The summed E-state index contributed by atoms with van der Waals surface area (Å²) in [6.45, 7) is 2.53. The normalized spacial score (nSPS) is 17.9. The van der Waals surface area contributed by atoms with Crippen LogP contribution in [-0.2, 0) is 13.0 Å². The molecule has 2 aromatic rings. The van der Waals surface area contributed by atoms with Crippen LogP contribution in [0, 0.1) is 6.92 Å². The van der Waals surface area contributed by atoms with E-state index in [0.717, 1.165) is 24.5 Å². The highest BCUT2D eigenvalue weighted by atomic mass is 16.4. The molecule has 0 fully saturated rings. The van der Waals surface area contributed by atoms with Crippen molar-refractivity contribution < 1.29 is 9.52 Å². The number of hydrogen-bond donors (Lipinski definition) is 2. The number of benzene rings is 1. The molecule has 18 heavy (non-hydrogen) atoms. The fourth-order valence-corrected chi connectivity index (χ4v) is 2.51. The number of phenolic OH excluding ortho intramolecular Hbond substituents is 1. The molecule has 0 bridgehead atoms. The van der Waals surface area contributed by atoms with E-state index in [4.69, 9.17) is 4.42 Å². The number of phenols is 1. The van der Waals surface area contributed by atoms with Crippen molar-refractivity contribution in [1.29, 1.82) is 0 Å². The first-order chi connectivity index (χ1) is 8.72. The van der Waals surface area contributed by atoms with Gasteiger partial charge in [-0.1, -0.05) is 6.07 Å². The molecule has 0 aliphatic heterocycles. The first-order valence-corrected chi connectivity index (χ1v) is 6.19. The third kappa shape index (κ3) is 2.11. The number of rotatable bonds is 3. The van der Waals surface area contributed by atoms with E-state index in [-0.39, 0.29) is 0 Å². The van der Waals surface area contributed by atoms with Crippen LogP contribution in [0.4, 0.5) is 0 Å². The molecular formula is C14H16N2O2. The maximum atomic E-state index is 9.45. The number of aryl methyl sites for hydroxylation is 2. The summed E-state index contributed by atoms with van der Waals surface area (Å²) in [5.74, 6) is 1.90. The van der Waals surface area contributed by atoms with Crippen LogP contribution in [0.5, 0.6) is 5.75 Å². The van der Waals surface area contributed by atoms with Crippen LogP contribution in [0.1, 0.15) is 35.2 Å². The molecule has 0 saturated carbocycles. The molecule has 2 N–H and O–H groups in total. The molecular weight excluding hydrogens is 228 g/mol. The van der Waals surface area contributed by atoms with Crippen molar-refractivity contribution in [3.63, 3.8) is 0 Å². The summed E-state index contributed by atoms with van der Waals surface area (Å²) in [6, 6.07) is 5.92. The van der Waals surface area contributed by atoms with Crippen LogP contribution in [0.2, 0.25) is 0 Å². The van der Waals surface area contributed by atoms with Crippen LogP contribution in [0.25, 0.3) is 0 Å². The SMILES string of the molecule is Cc1cnc(CNC2CCc3cc(O)ccc32)o1. The summed E-state index contributed by atoms with van der Waals surface area (Å²) >= 11 is 0. The Hall–Kier alpha value is -1.81. The Balaban J connectivity index is 1.69. The van der Waals surface area contributed by atoms with Gasteiger partial charge in [-0.3, -0.25) is 0 Å². The molecule has 0 amide bonds. The third-order valence-electron chi connectivity index (χ3n) is 3.37. The smallest absolute Gasteiger partial charge is 0.208 e. The lowest BCUT2D eigenvalue weighted by atomic mass is 10.1. The Morgan fingerprint density at radius 2 is 2.39 bits per heavy atom. The average Bonchev–Trinajstić information content (AvgIpc) is 2.92. The summed E-state index contributed by atoms with van der Waals surface area (Å²) in [4.78, 5) is 4.18. The van der Waals surface area contributed by atoms with Gasteiger partial charge in [0.2, 0.25) is 5.89 Å². The maximum Gasteiger partial charge on any atom is 0.208 e. The van der Waals surface area contributed by atoms with E-state index in [1.807, 2.05) is 19.1 Å². The van der Waals surface area contributed by atoms with E-state index in [9.17, 15) is 5.11 Å². The summed E-state index contributed by atoms with van der Waals surface area (Å²) in [5.41, 5.74) is 2.51. The predicted octanol–water partition coefficient (Wildman–Crippen LogP) is 2.47. The van der Waals surface area contributed by atoms with Gasteiger partial charge in [-0.2, -0.15) is 0 Å². The molecule has 1 aliphatic rings. The summed E-state index contributed by atoms with van der Waals surface area (Å²) < 4.78 is 5.44. The highest BCUT2D eigenvalue weighted by Gasteiger charge is 2.22. The van der Waals surface area contributed by atoms with Crippen LogP contribution in [0.3, 0.4) is 0 Å². The molecule has 1 heterocycles. The van der Waals surface area contributed by atoms with Gasteiger partial charge in [-0.05, 0) is 43.0 Å². The van der Waals surface area contributed by atoms with Crippen molar-refractivity contribution >= 4 is 0 Å². The molecule has 94 valence electrons. The quantitative estimate of drug-likeness (QED) is 0.870. The zero-order valence-corrected chi connectivity index (χ0v) is 10.3. The second-order valence-corrected chi connectivity index (χ2v) is 4.72. The van der Waals surface area contributed by atoms with Crippen molar-refractivity contribution in [2.75, 3.05) is 0 Å². The second-order valence-electron chi connectivity index (χ2n) is 4.72. The summed E-state index contributed by atoms with van der Waals surface area (Å²) in [6.07, 6.45) is 3.79. The number of aromatic hydroxyl groups is 1. The van der Waals surface area contributed by atoms with E-state index in [1.165, 1.54) is 11.1 Å². The largest absolute Gasteiger partial charge is 0.508 e.